The fourth-order valence-corrected chi connectivity index (χ4v) is 2.93. The van der Waals surface area contributed by atoms with Gasteiger partial charge < -0.3 is 10.5 Å². The molecule has 0 spiro atoms. The Morgan fingerprint density at radius 2 is 2.24 bits per heavy atom. The van der Waals surface area contributed by atoms with Crippen LogP contribution in [-0.4, -0.2) is 35.0 Å². The second kappa shape index (κ2) is 7.34. The van der Waals surface area contributed by atoms with Crippen LogP contribution in [0.5, 0.6) is 5.75 Å². The van der Waals surface area contributed by atoms with Crippen LogP contribution in [0.15, 0.2) is 40.9 Å². The van der Waals surface area contributed by atoms with E-state index >= 15 is 0 Å². The lowest BCUT2D eigenvalue weighted by atomic mass is 10.1. The highest BCUT2D eigenvalue weighted by Crippen LogP contribution is 2.28. The summed E-state index contributed by atoms with van der Waals surface area (Å²) in [5, 5.41) is 5.60. The number of fused-ring (bicyclic) bond motifs is 3. The van der Waals surface area contributed by atoms with Gasteiger partial charge in [0.05, 0.1) is 18.3 Å². The van der Waals surface area contributed by atoms with Crippen molar-refractivity contribution in [3.8, 4) is 5.75 Å². The molecule has 25 heavy (non-hydrogen) atoms. The number of nitrogens with zero attached hydrogens (tertiary/aromatic N) is 4. The number of benzene rings is 1. The zero-order chi connectivity index (χ0) is 17.8. The van der Waals surface area contributed by atoms with Crippen molar-refractivity contribution >= 4 is 28.6 Å². The van der Waals surface area contributed by atoms with Crippen LogP contribution in [0.1, 0.15) is 25.5 Å². The van der Waals surface area contributed by atoms with Gasteiger partial charge in [0, 0.05) is 25.1 Å². The van der Waals surface area contributed by atoms with E-state index in [1.807, 2.05) is 24.4 Å². The Morgan fingerprint density at radius 3 is 2.96 bits per heavy atom. The van der Waals surface area contributed by atoms with E-state index < -0.39 is 0 Å². The van der Waals surface area contributed by atoms with Crippen molar-refractivity contribution in [1.29, 1.82) is 0 Å². The first kappa shape index (κ1) is 17.0. The van der Waals surface area contributed by atoms with Crippen LogP contribution >= 0.6 is 0 Å². The van der Waals surface area contributed by atoms with Crippen LogP contribution in [0.2, 0.25) is 0 Å². The van der Waals surface area contributed by atoms with Crippen LogP contribution in [0.3, 0.4) is 0 Å². The summed E-state index contributed by atoms with van der Waals surface area (Å²) in [6.07, 6.45) is 6.94. The Morgan fingerprint density at radius 1 is 1.40 bits per heavy atom. The molecule has 0 radical (unpaired) electrons. The average molecular weight is 337 g/mol. The third-order valence-corrected chi connectivity index (χ3v) is 4.07. The second-order valence-corrected chi connectivity index (χ2v) is 5.89. The maximum atomic E-state index is 6.12. The molecule has 0 bridgehead atoms. The van der Waals surface area contributed by atoms with E-state index in [9.17, 15) is 0 Å². The molecule has 2 N–H and O–H groups in total. The Bertz CT molecular complexity index is 955. The lowest BCUT2D eigenvalue weighted by Gasteiger charge is -2.07. The highest BCUT2D eigenvalue weighted by atomic mass is 16.5. The molecule has 0 saturated heterocycles. The molecule has 0 aliphatic carbocycles. The number of ether oxygens (including phenoxy) is 1. The average Bonchev–Trinajstić information content (AvgIpc) is 3.04. The fourth-order valence-electron chi connectivity index (χ4n) is 2.93. The summed E-state index contributed by atoms with van der Waals surface area (Å²) in [5.41, 5.74) is 9.89. The molecule has 130 valence electrons. The molecule has 3 rings (SSSR count). The van der Waals surface area contributed by atoms with Crippen molar-refractivity contribution in [2.45, 2.75) is 26.2 Å². The van der Waals surface area contributed by atoms with Crippen LogP contribution in [0, 0.1) is 0 Å². The molecule has 2 aromatic heterocycles. The molecule has 0 amide bonds. The van der Waals surface area contributed by atoms with Crippen molar-refractivity contribution in [2.75, 3.05) is 19.9 Å². The molecule has 2 heterocycles. The summed E-state index contributed by atoms with van der Waals surface area (Å²) in [5.74, 6) is 1.05. The molecule has 0 atom stereocenters. The van der Waals surface area contributed by atoms with E-state index in [-0.39, 0.29) is 0 Å². The Labute approximate surface area is 147 Å². The number of anilines is 1. The third-order valence-electron chi connectivity index (χ3n) is 4.07. The Balaban J connectivity index is 2.10. The van der Waals surface area contributed by atoms with Gasteiger partial charge in [0.15, 0.2) is 0 Å². The summed E-state index contributed by atoms with van der Waals surface area (Å²) in [7, 11) is 3.42. The SMILES string of the molecule is CCC/C=C(\C=NC)Cc1cc2c3cccc(OC)c3nc(N)n2n1. The second-order valence-electron chi connectivity index (χ2n) is 5.89. The van der Waals surface area contributed by atoms with Gasteiger partial charge in [-0.15, -0.1) is 0 Å². The first-order valence-corrected chi connectivity index (χ1v) is 8.40. The molecule has 6 nitrogen and oxygen atoms in total. The zero-order valence-corrected chi connectivity index (χ0v) is 14.9. The number of hydrogen-bond donors (Lipinski definition) is 1. The first-order chi connectivity index (χ1) is 12.2. The van der Waals surface area contributed by atoms with Crippen molar-refractivity contribution < 1.29 is 4.74 Å². The number of nitrogens with two attached hydrogens (primary N) is 1. The van der Waals surface area contributed by atoms with Crippen molar-refractivity contribution in [1.82, 2.24) is 14.6 Å². The van der Waals surface area contributed by atoms with E-state index in [1.165, 1.54) is 0 Å². The Hall–Kier alpha value is -2.89. The van der Waals surface area contributed by atoms with Gasteiger partial charge in [0.2, 0.25) is 5.95 Å². The summed E-state index contributed by atoms with van der Waals surface area (Å²) in [4.78, 5) is 8.61. The highest BCUT2D eigenvalue weighted by molar-refractivity contribution is 5.97. The molecule has 0 unspecified atom stereocenters. The van der Waals surface area contributed by atoms with Gasteiger partial charge in [-0.1, -0.05) is 31.6 Å². The van der Waals surface area contributed by atoms with E-state index in [0.29, 0.717) is 18.1 Å². The number of allylic oxidation sites excluding steroid dienone is 2. The number of unbranched alkanes of at least 4 members (excludes halogenated alkanes) is 1. The van der Waals surface area contributed by atoms with Gasteiger partial charge in [-0.3, -0.25) is 4.99 Å². The largest absolute Gasteiger partial charge is 0.494 e. The molecular weight excluding hydrogens is 314 g/mol. The molecule has 0 aliphatic heterocycles. The summed E-state index contributed by atoms with van der Waals surface area (Å²) in [6.45, 7) is 2.16. The van der Waals surface area contributed by atoms with E-state index in [2.05, 4.69) is 34.1 Å². The molecule has 0 fully saturated rings. The minimum Gasteiger partial charge on any atom is -0.494 e. The predicted octanol–water partition coefficient (Wildman–Crippen LogP) is 3.44. The highest BCUT2D eigenvalue weighted by Gasteiger charge is 2.13. The van der Waals surface area contributed by atoms with Crippen LogP contribution < -0.4 is 10.5 Å². The minimum atomic E-state index is 0.349. The molecular formula is C19H23N5O. The van der Waals surface area contributed by atoms with Crippen LogP contribution in [-0.2, 0) is 6.42 Å². The van der Waals surface area contributed by atoms with E-state index in [1.54, 1.807) is 18.7 Å². The topological polar surface area (TPSA) is 77.8 Å². The van der Waals surface area contributed by atoms with Crippen molar-refractivity contribution in [3.63, 3.8) is 0 Å². The molecule has 1 aromatic carbocycles. The molecule has 6 heteroatoms. The maximum Gasteiger partial charge on any atom is 0.222 e. The van der Waals surface area contributed by atoms with Crippen molar-refractivity contribution in [2.24, 2.45) is 4.99 Å². The number of methoxy groups -OCH3 is 1. The van der Waals surface area contributed by atoms with Gasteiger partial charge in [-0.2, -0.15) is 9.61 Å². The van der Waals surface area contributed by atoms with E-state index in [0.717, 1.165) is 40.5 Å². The number of nitrogen functional groups attached to an aromatic ring is 1. The Kier molecular flexibility index (Phi) is 4.97. The normalized spacial score (nSPS) is 12.5. The van der Waals surface area contributed by atoms with Gasteiger partial charge in [-0.05, 0) is 24.1 Å². The number of para-hydroxylation sites is 1. The number of rotatable bonds is 6. The molecule has 3 aromatic rings. The van der Waals surface area contributed by atoms with E-state index in [4.69, 9.17) is 10.5 Å². The number of hydrogen-bond acceptors (Lipinski definition) is 5. The van der Waals surface area contributed by atoms with Crippen LogP contribution in [0.25, 0.3) is 16.4 Å². The smallest absolute Gasteiger partial charge is 0.222 e. The quantitative estimate of drug-likeness (QED) is 0.699. The monoisotopic (exact) mass is 337 g/mol. The number of aliphatic imine (C=N–C) groups is 1. The minimum absolute atomic E-state index is 0.349. The summed E-state index contributed by atoms with van der Waals surface area (Å²) >= 11 is 0. The summed E-state index contributed by atoms with van der Waals surface area (Å²) < 4.78 is 7.10. The first-order valence-electron chi connectivity index (χ1n) is 8.40. The lowest BCUT2D eigenvalue weighted by Crippen LogP contribution is -2.03. The molecule has 0 saturated carbocycles. The van der Waals surface area contributed by atoms with Gasteiger partial charge in [-0.25, -0.2) is 4.98 Å². The van der Waals surface area contributed by atoms with Crippen molar-refractivity contribution in [3.05, 3.63) is 41.6 Å². The lowest BCUT2D eigenvalue weighted by molar-refractivity contribution is 0.419. The predicted molar refractivity (Wildman–Crippen MR) is 103 cm³/mol. The fraction of sp³-hybridized carbons (Fsp3) is 0.316. The zero-order valence-electron chi connectivity index (χ0n) is 14.9. The number of aromatic nitrogens is 3. The maximum absolute atomic E-state index is 6.12. The summed E-state index contributed by atoms with van der Waals surface area (Å²) in [6, 6.07) is 7.89. The molecule has 0 aliphatic rings. The van der Waals surface area contributed by atoms with Crippen LogP contribution in [0.4, 0.5) is 5.95 Å². The standard InChI is InChI=1S/C19H23N5O/c1-4-5-7-13(12-21-2)10-14-11-16-15-8-6-9-17(25-3)18(15)22-19(20)24(16)23-14/h6-9,11-12H,4-5,10H2,1-3H3,(H2,20,22)/b13-7-,21-12?. The van der Waals surface area contributed by atoms with Gasteiger partial charge in [0.1, 0.15) is 11.3 Å². The third kappa shape index (κ3) is 3.33. The van der Waals surface area contributed by atoms with Gasteiger partial charge >= 0.3 is 0 Å². The van der Waals surface area contributed by atoms with Gasteiger partial charge in [0.25, 0.3) is 0 Å².